The van der Waals surface area contributed by atoms with E-state index in [1.165, 1.54) is 23.5 Å². The van der Waals surface area contributed by atoms with Crippen LogP contribution in [0.4, 0.5) is 0 Å². The molecule has 1 unspecified atom stereocenters. The smallest absolute Gasteiger partial charge is 0.346 e. The number of aliphatic hydroxyl groups is 1. The zero-order chi connectivity index (χ0) is 19.3. The number of ether oxygens (including phenoxy) is 1. The lowest BCUT2D eigenvalue weighted by Crippen LogP contribution is -2.33. The highest BCUT2D eigenvalue weighted by Gasteiger charge is 2.39. The van der Waals surface area contributed by atoms with Crippen molar-refractivity contribution in [2.75, 3.05) is 7.11 Å². The van der Waals surface area contributed by atoms with Crippen molar-refractivity contribution in [2.45, 2.75) is 77.0 Å². The van der Waals surface area contributed by atoms with E-state index in [-0.39, 0.29) is 17.3 Å². The summed E-state index contributed by atoms with van der Waals surface area (Å²) in [6.07, 6.45) is 6.16. The van der Waals surface area contributed by atoms with Crippen molar-refractivity contribution in [3.63, 3.8) is 0 Å². The molecule has 1 fully saturated rings. The van der Waals surface area contributed by atoms with Crippen LogP contribution in [0.3, 0.4) is 0 Å². The van der Waals surface area contributed by atoms with E-state index in [4.69, 9.17) is 0 Å². The van der Waals surface area contributed by atoms with E-state index in [1.54, 1.807) is 0 Å². The van der Waals surface area contributed by atoms with Crippen molar-refractivity contribution in [1.82, 2.24) is 13.9 Å². The SMILES string of the molecule is COC(=O)CCCCCCn1c(=O)n(C)c(=O)n1CCC(C)(O)C1CC1. The van der Waals surface area contributed by atoms with Gasteiger partial charge in [-0.25, -0.2) is 23.5 Å². The van der Waals surface area contributed by atoms with Gasteiger partial charge in [0.2, 0.25) is 0 Å². The Kier molecular flexibility index (Phi) is 6.86. The second-order valence-corrected chi connectivity index (χ2v) is 7.49. The number of aromatic nitrogens is 3. The van der Waals surface area contributed by atoms with Gasteiger partial charge in [0, 0.05) is 26.6 Å². The highest BCUT2D eigenvalue weighted by Crippen LogP contribution is 2.41. The van der Waals surface area contributed by atoms with Crippen LogP contribution in [0.5, 0.6) is 0 Å². The molecule has 1 N–H and O–H groups in total. The topological polar surface area (TPSA) is 95.5 Å². The van der Waals surface area contributed by atoms with Gasteiger partial charge in [-0.2, -0.15) is 0 Å². The van der Waals surface area contributed by atoms with E-state index in [9.17, 15) is 19.5 Å². The summed E-state index contributed by atoms with van der Waals surface area (Å²) in [6.45, 7) is 2.60. The predicted octanol–water partition coefficient (Wildman–Crippen LogP) is 1.02. The van der Waals surface area contributed by atoms with Crippen molar-refractivity contribution < 1.29 is 14.6 Å². The molecule has 1 aromatic rings. The van der Waals surface area contributed by atoms with Gasteiger partial charge < -0.3 is 9.84 Å². The third-order valence-corrected chi connectivity index (χ3v) is 5.32. The van der Waals surface area contributed by atoms with E-state index in [0.717, 1.165) is 43.1 Å². The Hall–Kier alpha value is -1.83. The minimum atomic E-state index is -0.788. The maximum absolute atomic E-state index is 12.3. The highest BCUT2D eigenvalue weighted by molar-refractivity contribution is 5.68. The lowest BCUT2D eigenvalue weighted by molar-refractivity contribution is -0.140. The first kappa shape index (κ1) is 20.5. The first-order valence-electron chi connectivity index (χ1n) is 9.43. The monoisotopic (exact) mass is 369 g/mol. The van der Waals surface area contributed by atoms with Gasteiger partial charge in [-0.1, -0.05) is 12.8 Å². The molecule has 0 saturated heterocycles. The van der Waals surface area contributed by atoms with Gasteiger partial charge in [0.05, 0.1) is 12.7 Å². The average molecular weight is 369 g/mol. The fourth-order valence-electron chi connectivity index (χ4n) is 3.30. The average Bonchev–Trinajstić information content (AvgIpc) is 3.43. The summed E-state index contributed by atoms with van der Waals surface area (Å²) in [7, 11) is 2.86. The molecule has 8 heteroatoms. The van der Waals surface area contributed by atoms with Crippen molar-refractivity contribution in [3.8, 4) is 0 Å². The van der Waals surface area contributed by atoms with Crippen LogP contribution in [0.2, 0.25) is 0 Å². The maximum atomic E-state index is 12.3. The number of rotatable bonds is 11. The third kappa shape index (κ3) is 5.09. The first-order chi connectivity index (χ1) is 12.3. The van der Waals surface area contributed by atoms with Crippen LogP contribution in [0.15, 0.2) is 9.59 Å². The Balaban J connectivity index is 1.90. The van der Waals surface area contributed by atoms with Gasteiger partial charge in [0.25, 0.3) is 0 Å². The third-order valence-electron chi connectivity index (χ3n) is 5.32. The van der Waals surface area contributed by atoms with Crippen LogP contribution in [-0.2, 0) is 29.7 Å². The number of hydrogen-bond donors (Lipinski definition) is 1. The molecule has 0 spiro atoms. The standard InChI is InChI=1S/C18H31N3O5/c1-18(25,14-9-10-14)11-13-21-17(24)19(2)16(23)20(21)12-7-5-4-6-8-15(22)26-3/h14,25H,4-13H2,1-3H3. The fourth-order valence-corrected chi connectivity index (χ4v) is 3.30. The number of carbonyl (C=O) groups excluding carboxylic acids is 1. The molecule has 0 amide bonds. The van der Waals surface area contributed by atoms with Crippen LogP contribution in [0, 0.1) is 5.92 Å². The highest BCUT2D eigenvalue weighted by atomic mass is 16.5. The van der Waals surface area contributed by atoms with Gasteiger partial charge in [0.15, 0.2) is 0 Å². The van der Waals surface area contributed by atoms with Crippen molar-refractivity contribution in [2.24, 2.45) is 13.0 Å². The molecular formula is C18H31N3O5. The van der Waals surface area contributed by atoms with E-state index >= 15 is 0 Å². The molecule has 1 aliphatic carbocycles. The molecule has 148 valence electrons. The molecule has 0 aromatic carbocycles. The van der Waals surface area contributed by atoms with Crippen molar-refractivity contribution in [3.05, 3.63) is 21.0 Å². The molecular weight excluding hydrogens is 338 g/mol. The number of carbonyl (C=O) groups is 1. The summed E-state index contributed by atoms with van der Waals surface area (Å²) in [5.74, 6) is 0.0951. The van der Waals surface area contributed by atoms with E-state index in [1.807, 2.05) is 6.92 Å². The van der Waals surface area contributed by atoms with E-state index < -0.39 is 5.60 Å². The van der Waals surface area contributed by atoms with Crippen LogP contribution in [-0.4, -0.2) is 37.7 Å². The van der Waals surface area contributed by atoms with Gasteiger partial charge in [0.1, 0.15) is 0 Å². The molecule has 1 aromatic heterocycles. The Morgan fingerprint density at radius 2 is 1.69 bits per heavy atom. The molecule has 0 bridgehead atoms. The summed E-state index contributed by atoms with van der Waals surface area (Å²) in [5, 5.41) is 10.5. The number of hydrogen-bond acceptors (Lipinski definition) is 5. The number of nitrogens with zero attached hydrogens (tertiary/aromatic N) is 3. The van der Waals surface area contributed by atoms with E-state index in [0.29, 0.717) is 31.8 Å². The Morgan fingerprint density at radius 3 is 2.27 bits per heavy atom. The zero-order valence-corrected chi connectivity index (χ0v) is 16.1. The van der Waals surface area contributed by atoms with Crippen molar-refractivity contribution >= 4 is 5.97 Å². The molecule has 0 aliphatic heterocycles. The summed E-state index contributed by atoms with van der Waals surface area (Å²) in [5.41, 5.74) is -1.45. The molecule has 26 heavy (non-hydrogen) atoms. The summed E-state index contributed by atoms with van der Waals surface area (Å²) < 4.78 is 8.65. The Bertz CT molecular complexity index is 724. The van der Waals surface area contributed by atoms with Crippen LogP contribution >= 0.6 is 0 Å². The Morgan fingerprint density at radius 1 is 1.12 bits per heavy atom. The zero-order valence-electron chi connectivity index (χ0n) is 16.1. The molecule has 2 rings (SSSR count). The number of esters is 1. The summed E-state index contributed by atoms with van der Waals surface area (Å²) in [6, 6.07) is 0. The molecule has 8 nitrogen and oxygen atoms in total. The number of methoxy groups -OCH3 is 1. The normalized spacial score (nSPS) is 16.5. The maximum Gasteiger partial charge on any atom is 0.346 e. The molecule has 0 radical (unpaired) electrons. The second-order valence-electron chi connectivity index (χ2n) is 7.49. The van der Waals surface area contributed by atoms with E-state index in [2.05, 4.69) is 4.74 Å². The lowest BCUT2D eigenvalue weighted by atomic mass is 9.96. The Labute approximate surface area is 153 Å². The van der Waals surface area contributed by atoms with Gasteiger partial charge in [-0.3, -0.25) is 4.79 Å². The fraction of sp³-hybridized carbons (Fsp3) is 0.833. The molecule has 1 aliphatic rings. The first-order valence-corrected chi connectivity index (χ1v) is 9.43. The van der Waals surface area contributed by atoms with Crippen LogP contribution < -0.4 is 11.4 Å². The van der Waals surface area contributed by atoms with Gasteiger partial charge in [-0.05, 0) is 44.9 Å². The largest absolute Gasteiger partial charge is 0.469 e. The van der Waals surface area contributed by atoms with Crippen LogP contribution in [0.25, 0.3) is 0 Å². The lowest BCUT2D eigenvalue weighted by Gasteiger charge is -2.23. The van der Waals surface area contributed by atoms with Crippen molar-refractivity contribution in [1.29, 1.82) is 0 Å². The quantitative estimate of drug-likeness (QED) is 0.464. The minimum Gasteiger partial charge on any atom is -0.469 e. The minimum absolute atomic E-state index is 0.208. The predicted molar refractivity (Wildman–Crippen MR) is 97.0 cm³/mol. The second kappa shape index (κ2) is 8.70. The summed E-state index contributed by atoms with van der Waals surface area (Å²) >= 11 is 0. The van der Waals surface area contributed by atoms with Gasteiger partial charge >= 0.3 is 17.3 Å². The van der Waals surface area contributed by atoms with Crippen LogP contribution in [0.1, 0.15) is 58.3 Å². The molecule has 1 saturated carbocycles. The molecule has 1 heterocycles. The number of unbranched alkanes of at least 4 members (excludes halogenated alkanes) is 3. The summed E-state index contributed by atoms with van der Waals surface area (Å²) in [4.78, 5) is 35.7. The van der Waals surface area contributed by atoms with Gasteiger partial charge in [-0.15, -0.1) is 0 Å². The molecule has 1 atom stereocenters.